The van der Waals surface area contributed by atoms with Crippen LogP contribution in [0, 0.1) is 0 Å². The van der Waals surface area contributed by atoms with Gasteiger partial charge in [-0.25, -0.2) is 9.67 Å². The third-order valence-electron chi connectivity index (χ3n) is 4.17. The molecule has 3 rings (SSSR count). The third-order valence-corrected chi connectivity index (χ3v) is 4.17. The highest BCUT2D eigenvalue weighted by atomic mass is 15.3. The van der Waals surface area contributed by atoms with Gasteiger partial charge in [0, 0.05) is 32.0 Å². The standard InChI is InChI=1S/C19H26N8/c1-3-20-19(22-14-18-25-23-15-26(18)4-2)21-12-10-16-6-8-17(9-7-16)27-13-5-11-24-27/h5-9,11,13,15H,3-4,10,12,14H2,1-2H3,(H2,20,21,22). The monoisotopic (exact) mass is 366 g/mol. The molecule has 0 fully saturated rings. The van der Waals surface area contributed by atoms with Crippen LogP contribution in [0.4, 0.5) is 0 Å². The Morgan fingerprint density at radius 2 is 2.00 bits per heavy atom. The summed E-state index contributed by atoms with van der Waals surface area (Å²) in [4.78, 5) is 4.60. The number of guanidine groups is 1. The molecule has 0 saturated carbocycles. The summed E-state index contributed by atoms with van der Waals surface area (Å²) in [7, 11) is 0. The van der Waals surface area contributed by atoms with Crippen LogP contribution in [0.3, 0.4) is 0 Å². The average molecular weight is 366 g/mol. The first-order valence-corrected chi connectivity index (χ1v) is 9.28. The van der Waals surface area contributed by atoms with Gasteiger partial charge in [0.25, 0.3) is 0 Å². The van der Waals surface area contributed by atoms with Crippen LogP contribution in [0.15, 0.2) is 54.0 Å². The van der Waals surface area contributed by atoms with Crippen LogP contribution in [0.25, 0.3) is 5.69 Å². The first kappa shape index (κ1) is 18.6. The van der Waals surface area contributed by atoms with Crippen LogP contribution in [0.2, 0.25) is 0 Å². The van der Waals surface area contributed by atoms with Crippen LogP contribution in [-0.2, 0) is 19.5 Å². The summed E-state index contributed by atoms with van der Waals surface area (Å²) in [6.07, 6.45) is 6.37. The van der Waals surface area contributed by atoms with E-state index in [0.717, 1.165) is 43.5 Å². The zero-order valence-electron chi connectivity index (χ0n) is 15.8. The minimum absolute atomic E-state index is 0.502. The molecular formula is C19H26N8. The molecule has 0 aliphatic rings. The van der Waals surface area contributed by atoms with E-state index in [2.05, 4.69) is 69.0 Å². The maximum absolute atomic E-state index is 4.60. The lowest BCUT2D eigenvalue weighted by Crippen LogP contribution is -2.38. The number of aromatic nitrogens is 5. The maximum atomic E-state index is 4.60. The van der Waals surface area contributed by atoms with E-state index < -0.39 is 0 Å². The molecule has 8 heteroatoms. The quantitative estimate of drug-likeness (QED) is 0.469. The summed E-state index contributed by atoms with van der Waals surface area (Å²) in [5.74, 6) is 1.65. The number of hydrogen-bond donors (Lipinski definition) is 2. The third kappa shape index (κ3) is 5.16. The highest BCUT2D eigenvalue weighted by molar-refractivity contribution is 5.79. The second-order valence-electron chi connectivity index (χ2n) is 6.02. The fraction of sp³-hybridized carbons (Fsp3) is 0.368. The lowest BCUT2D eigenvalue weighted by molar-refractivity contribution is 0.693. The number of benzene rings is 1. The second-order valence-corrected chi connectivity index (χ2v) is 6.02. The molecular weight excluding hydrogens is 340 g/mol. The summed E-state index contributed by atoms with van der Waals surface area (Å²) in [6.45, 7) is 7.08. The van der Waals surface area contributed by atoms with Crippen molar-refractivity contribution in [2.45, 2.75) is 33.4 Å². The number of rotatable bonds is 8. The van der Waals surface area contributed by atoms with Gasteiger partial charge in [0.05, 0.1) is 5.69 Å². The number of aryl methyl sites for hydroxylation is 1. The van der Waals surface area contributed by atoms with Crippen LogP contribution < -0.4 is 10.6 Å². The number of nitrogens with one attached hydrogen (secondary N) is 2. The Balaban J connectivity index is 1.52. The van der Waals surface area contributed by atoms with Gasteiger partial charge in [-0.15, -0.1) is 10.2 Å². The van der Waals surface area contributed by atoms with Crippen LogP contribution >= 0.6 is 0 Å². The molecule has 0 amide bonds. The van der Waals surface area contributed by atoms with Crippen molar-refractivity contribution in [3.8, 4) is 5.69 Å². The highest BCUT2D eigenvalue weighted by Gasteiger charge is 2.03. The molecule has 142 valence electrons. The Morgan fingerprint density at radius 3 is 2.70 bits per heavy atom. The summed E-state index contributed by atoms with van der Waals surface area (Å²) in [5.41, 5.74) is 2.33. The SMILES string of the molecule is CCNC(=NCc1nncn1CC)NCCc1ccc(-n2cccn2)cc1. The lowest BCUT2D eigenvalue weighted by atomic mass is 10.1. The molecule has 0 saturated heterocycles. The molecule has 0 aliphatic carbocycles. The molecule has 0 unspecified atom stereocenters. The van der Waals surface area contributed by atoms with Crippen molar-refractivity contribution in [1.29, 1.82) is 0 Å². The second kappa shape index (κ2) is 9.51. The van der Waals surface area contributed by atoms with Gasteiger partial charge < -0.3 is 15.2 Å². The van der Waals surface area contributed by atoms with Crippen molar-refractivity contribution >= 4 is 5.96 Å². The van der Waals surface area contributed by atoms with Gasteiger partial charge in [-0.2, -0.15) is 5.10 Å². The molecule has 2 aromatic heterocycles. The summed E-state index contributed by atoms with van der Waals surface area (Å²) < 4.78 is 3.85. The predicted octanol–water partition coefficient (Wildman–Crippen LogP) is 1.78. The summed E-state index contributed by atoms with van der Waals surface area (Å²) >= 11 is 0. The fourth-order valence-electron chi connectivity index (χ4n) is 2.72. The van der Waals surface area contributed by atoms with Crippen molar-refractivity contribution in [1.82, 2.24) is 35.2 Å². The van der Waals surface area contributed by atoms with Gasteiger partial charge >= 0.3 is 0 Å². The Labute approximate surface area is 159 Å². The van der Waals surface area contributed by atoms with Gasteiger partial charge in [0.1, 0.15) is 12.9 Å². The number of hydrogen-bond acceptors (Lipinski definition) is 4. The first-order chi connectivity index (χ1) is 13.3. The zero-order chi connectivity index (χ0) is 18.9. The topological polar surface area (TPSA) is 85.0 Å². The van der Waals surface area contributed by atoms with Crippen LogP contribution in [0.1, 0.15) is 25.2 Å². The van der Waals surface area contributed by atoms with E-state index in [1.165, 1.54) is 5.56 Å². The molecule has 8 nitrogen and oxygen atoms in total. The molecule has 0 spiro atoms. The summed E-state index contributed by atoms with van der Waals surface area (Å²) in [6, 6.07) is 10.3. The molecule has 1 aromatic carbocycles. The van der Waals surface area contributed by atoms with E-state index in [9.17, 15) is 0 Å². The Hall–Kier alpha value is -3.16. The van der Waals surface area contributed by atoms with Crippen molar-refractivity contribution in [2.24, 2.45) is 4.99 Å². The Bertz CT molecular complexity index is 833. The number of nitrogens with zero attached hydrogens (tertiary/aromatic N) is 6. The maximum Gasteiger partial charge on any atom is 0.191 e. The van der Waals surface area contributed by atoms with E-state index in [1.54, 1.807) is 12.5 Å². The zero-order valence-corrected chi connectivity index (χ0v) is 15.8. The molecule has 27 heavy (non-hydrogen) atoms. The van der Waals surface area contributed by atoms with Crippen molar-refractivity contribution in [3.63, 3.8) is 0 Å². The van der Waals surface area contributed by atoms with Crippen LogP contribution in [-0.4, -0.2) is 43.6 Å². The fourth-order valence-corrected chi connectivity index (χ4v) is 2.72. The van der Waals surface area contributed by atoms with E-state index in [4.69, 9.17) is 0 Å². The molecule has 0 aliphatic heterocycles. The van der Waals surface area contributed by atoms with E-state index in [1.807, 2.05) is 21.5 Å². The molecule has 2 heterocycles. The van der Waals surface area contributed by atoms with Gasteiger partial charge in [0.15, 0.2) is 11.8 Å². The largest absolute Gasteiger partial charge is 0.357 e. The molecule has 0 radical (unpaired) electrons. The number of aliphatic imine (C=N–C) groups is 1. The Morgan fingerprint density at radius 1 is 1.15 bits per heavy atom. The molecule has 3 aromatic rings. The van der Waals surface area contributed by atoms with Crippen molar-refractivity contribution in [2.75, 3.05) is 13.1 Å². The molecule has 0 atom stereocenters. The van der Waals surface area contributed by atoms with Gasteiger partial charge in [-0.1, -0.05) is 12.1 Å². The summed E-state index contributed by atoms with van der Waals surface area (Å²) in [5, 5.41) is 18.9. The minimum atomic E-state index is 0.502. The van der Waals surface area contributed by atoms with Gasteiger partial charge in [0.2, 0.25) is 0 Å². The van der Waals surface area contributed by atoms with Crippen molar-refractivity contribution < 1.29 is 0 Å². The van der Waals surface area contributed by atoms with Gasteiger partial charge in [-0.3, -0.25) is 0 Å². The van der Waals surface area contributed by atoms with Gasteiger partial charge in [-0.05, 0) is 44.0 Å². The van der Waals surface area contributed by atoms with E-state index >= 15 is 0 Å². The van der Waals surface area contributed by atoms with Crippen molar-refractivity contribution in [3.05, 3.63) is 60.4 Å². The van der Waals surface area contributed by atoms with E-state index in [0.29, 0.717) is 6.54 Å². The molecule has 2 N–H and O–H groups in total. The normalized spacial score (nSPS) is 11.6. The molecule has 0 bridgehead atoms. The smallest absolute Gasteiger partial charge is 0.191 e. The lowest BCUT2D eigenvalue weighted by Gasteiger charge is -2.11. The first-order valence-electron chi connectivity index (χ1n) is 9.28. The average Bonchev–Trinajstić information content (AvgIpc) is 3.38. The van der Waals surface area contributed by atoms with E-state index in [-0.39, 0.29) is 0 Å². The predicted molar refractivity (Wildman–Crippen MR) is 106 cm³/mol. The Kier molecular flexibility index (Phi) is 6.56. The minimum Gasteiger partial charge on any atom is -0.357 e. The van der Waals surface area contributed by atoms with Crippen LogP contribution in [0.5, 0.6) is 0 Å². The highest BCUT2D eigenvalue weighted by Crippen LogP contribution is 2.08.